The SMILES string of the molecule is CNC(=O)C1Cc2ccccc2CN1S(=O)(=O)c1ccc2c(c1)OCCO2. The van der Waals surface area contributed by atoms with Gasteiger partial charge < -0.3 is 14.8 Å². The van der Waals surface area contributed by atoms with Gasteiger partial charge in [0, 0.05) is 19.7 Å². The Balaban J connectivity index is 1.75. The van der Waals surface area contributed by atoms with Crippen molar-refractivity contribution in [3.05, 3.63) is 53.6 Å². The number of hydrogen-bond donors (Lipinski definition) is 1. The van der Waals surface area contributed by atoms with Crippen LogP contribution in [-0.2, 0) is 27.8 Å². The lowest BCUT2D eigenvalue weighted by Gasteiger charge is -2.35. The van der Waals surface area contributed by atoms with E-state index < -0.39 is 16.1 Å². The monoisotopic (exact) mass is 388 g/mol. The number of amides is 1. The first-order valence-corrected chi connectivity index (χ1v) is 10.1. The molecule has 0 saturated heterocycles. The highest BCUT2D eigenvalue weighted by atomic mass is 32.2. The van der Waals surface area contributed by atoms with E-state index in [1.165, 1.54) is 23.5 Å². The molecule has 2 aromatic rings. The van der Waals surface area contributed by atoms with E-state index in [0.717, 1.165) is 11.1 Å². The Morgan fingerprint density at radius 3 is 2.52 bits per heavy atom. The van der Waals surface area contributed by atoms with Crippen molar-refractivity contribution in [2.45, 2.75) is 23.9 Å². The fourth-order valence-electron chi connectivity index (χ4n) is 3.46. The summed E-state index contributed by atoms with van der Waals surface area (Å²) in [6, 6.07) is 11.3. The first-order chi connectivity index (χ1) is 13.0. The number of sulfonamides is 1. The lowest BCUT2D eigenvalue weighted by atomic mass is 9.95. The van der Waals surface area contributed by atoms with Crippen LogP contribution < -0.4 is 14.8 Å². The molecule has 0 fully saturated rings. The van der Waals surface area contributed by atoms with Gasteiger partial charge in [-0.2, -0.15) is 4.31 Å². The zero-order valence-electron chi connectivity index (χ0n) is 14.8. The van der Waals surface area contributed by atoms with Crippen LogP contribution in [0.4, 0.5) is 0 Å². The number of ether oxygens (including phenoxy) is 2. The van der Waals surface area contributed by atoms with Crippen molar-refractivity contribution in [2.24, 2.45) is 0 Å². The number of likely N-dealkylation sites (N-methyl/N-ethyl adjacent to an activating group) is 1. The van der Waals surface area contributed by atoms with Crippen LogP contribution in [-0.4, -0.2) is 44.9 Å². The second-order valence-corrected chi connectivity index (χ2v) is 8.35. The van der Waals surface area contributed by atoms with Gasteiger partial charge in [0.05, 0.1) is 4.90 Å². The summed E-state index contributed by atoms with van der Waals surface area (Å²) < 4.78 is 39.0. The van der Waals surface area contributed by atoms with Crippen LogP contribution in [0.1, 0.15) is 11.1 Å². The number of benzene rings is 2. The van der Waals surface area contributed by atoms with E-state index in [1.54, 1.807) is 6.07 Å². The van der Waals surface area contributed by atoms with Gasteiger partial charge in [0.1, 0.15) is 19.3 Å². The number of nitrogens with zero attached hydrogens (tertiary/aromatic N) is 1. The normalized spacial score (nSPS) is 19.2. The Labute approximate surface area is 157 Å². The van der Waals surface area contributed by atoms with Crippen molar-refractivity contribution in [3.8, 4) is 11.5 Å². The summed E-state index contributed by atoms with van der Waals surface area (Å²) in [5.74, 6) is 0.592. The van der Waals surface area contributed by atoms with Gasteiger partial charge in [-0.1, -0.05) is 24.3 Å². The highest BCUT2D eigenvalue weighted by Gasteiger charge is 2.39. The minimum absolute atomic E-state index is 0.0834. The molecule has 0 radical (unpaired) electrons. The molecule has 0 spiro atoms. The van der Waals surface area contributed by atoms with Crippen molar-refractivity contribution < 1.29 is 22.7 Å². The first kappa shape index (κ1) is 17.8. The molecule has 7 nitrogen and oxygen atoms in total. The van der Waals surface area contributed by atoms with E-state index in [1.807, 2.05) is 24.3 Å². The van der Waals surface area contributed by atoms with E-state index in [-0.39, 0.29) is 17.3 Å². The number of rotatable bonds is 3. The topological polar surface area (TPSA) is 84.9 Å². The summed E-state index contributed by atoms with van der Waals surface area (Å²) in [4.78, 5) is 12.5. The minimum Gasteiger partial charge on any atom is -0.486 e. The second-order valence-electron chi connectivity index (χ2n) is 6.46. The van der Waals surface area contributed by atoms with Gasteiger partial charge in [-0.05, 0) is 29.7 Å². The molecular weight excluding hydrogens is 368 g/mol. The Kier molecular flexibility index (Phi) is 4.53. The molecule has 8 heteroatoms. The number of carbonyl (C=O) groups excluding carboxylic acids is 1. The van der Waals surface area contributed by atoms with E-state index in [4.69, 9.17) is 9.47 Å². The van der Waals surface area contributed by atoms with Crippen molar-refractivity contribution >= 4 is 15.9 Å². The fourth-order valence-corrected chi connectivity index (χ4v) is 5.04. The third-order valence-corrected chi connectivity index (χ3v) is 6.73. The van der Waals surface area contributed by atoms with Gasteiger partial charge in [0.25, 0.3) is 0 Å². The molecule has 2 aliphatic rings. The lowest BCUT2D eigenvalue weighted by molar-refractivity contribution is -0.124. The molecule has 4 rings (SSSR count). The van der Waals surface area contributed by atoms with Crippen LogP contribution >= 0.6 is 0 Å². The molecule has 0 bridgehead atoms. The highest BCUT2D eigenvalue weighted by molar-refractivity contribution is 7.89. The molecule has 0 aliphatic carbocycles. The molecule has 1 N–H and O–H groups in total. The lowest BCUT2D eigenvalue weighted by Crippen LogP contribution is -2.51. The first-order valence-electron chi connectivity index (χ1n) is 8.70. The summed E-state index contributed by atoms with van der Waals surface area (Å²) in [5.41, 5.74) is 1.89. The number of nitrogens with one attached hydrogen (secondary N) is 1. The molecule has 142 valence electrons. The van der Waals surface area contributed by atoms with Crippen LogP contribution in [0.3, 0.4) is 0 Å². The fraction of sp³-hybridized carbons (Fsp3) is 0.316. The Hall–Kier alpha value is -2.58. The van der Waals surface area contributed by atoms with Gasteiger partial charge >= 0.3 is 0 Å². The van der Waals surface area contributed by atoms with E-state index >= 15 is 0 Å². The van der Waals surface area contributed by atoms with Crippen molar-refractivity contribution in [1.29, 1.82) is 0 Å². The summed E-state index contributed by atoms with van der Waals surface area (Å²) in [6.07, 6.45) is 0.333. The summed E-state index contributed by atoms with van der Waals surface area (Å²) in [5, 5.41) is 2.58. The van der Waals surface area contributed by atoms with Crippen molar-refractivity contribution in [3.63, 3.8) is 0 Å². The molecule has 27 heavy (non-hydrogen) atoms. The van der Waals surface area contributed by atoms with Crippen LogP contribution in [0, 0.1) is 0 Å². The van der Waals surface area contributed by atoms with Crippen LogP contribution in [0.5, 0.6) is 11.5 Å². The highest BCUT2D eigenvalue weighted by Crippen LogP contribution is 2.35. The molecule has 1 unspecified atom stereocenters. The van der Waals surface area contributed by atoms with Gasteiger partial charge in [0.15, 0.2) is 11.5 Å². The largest absolute Gasteiger partial charge is 0.486 e. The zero-order chi connectivity index (χ0) is 19.0. The Morgan fingerprint density at radius 2 is 1.78 bits per heavy atom. The van der Waals surface area contributed by atoms with Crippen LogP contribution in [0.2, 0.25) is 0 Å². The van der Waals surface area contributed by atoms with Crippen molar-refractivity contribution in [1.82, 2.24) is 9.62 Å². The maximum absolute atomic E-state index is 13.4. The summed E-state index contributed by atoms with van der Waals surface area (Å²) >= 11 is 0. The molecule has 2 heterocycles. The molecule has 0 aromatic heterocycles. The molecule has 2 aliphatic heterocycles. The van der Waals surface area contributed by atoms with E-state index in [2.05, 4.69) is 5.32 Å². The predicted octanol–water partition coefficient (Wildman–Crippen LogP) is 1.32. The maximum atomic E-state index is 13.4. The van der Waals surface area contributed by atoms with E-state index in [9.17, 15) is 13.2 Å². The van der Waals surface area contributed by atoms with Crippen LogP contribution in [0.25, 0.3) is 0 Å². The van der Waals surface area contributed by atoms with Gasteiger partial charge in [-0.25, -0.2) is 8.42 Å². The third-order valence-electron chi connectivity index (χ3n) is 4.87. The number of hydrogen-bond acceptors (Lipinski definition) is 5. The summed E-state index contributed by atoms with van der Waals surface area (Å²) in [7, 11) is -2.39. The van der Waals surface area contributed by atoms with Gasteiger partial charge in [-0.15, -0.1) is 0 Å². The molecule has 0 saturated carbocycles. The summed E-state index contributed by atoms with van der Waals surface area (Å²) in [6.45, 7) is 0.945. The Bertz CT molecular complexity index is 989. The quantitative estimate of drug-likeness (QED) is 0.857. The molecule has 2 aromatic carbocycles. The molecule has 1 atom stereocenters. The van der Waals surface area contributed by atoms with Crippen molar-refractivity contribution in [2.75, 3.05) is 20.3 Å². The number of fused-ring (bicyclic) bond motifs is 2. The predicted molar refractivity (Wildman–Crippen MR) is 98.2 cm³/mol. The zero-order valence-corrected chi connectivity index (χ0v) is 15.7. The number of carbonyl (C=O) groups is 1. The molecular formula is C19H20N2O5S. The standard InChI is InChI=1S/C19H20N2O5S/c1-20-19(22)16-10-13-4-2-3-5-14(13)12-21(16)27(23,24)15-6-7-17-18(11-15)26-9-8-25-17/h2-7,11,16H,8-10,12H2,1H3,(H,20,22). The van der Waals surface area contributed by atoms with Crippen LogP contribution in [0.15, 0.2) is 47.4 Å². The smallest absolute Gasteiger partial charge is 0.244 e. The average molecular weight is 388 g/mol. The minimum atomic E-state index is -3.91. The Morgan fingerprint density at radius 1 is 1.07 bits per heavy atom. The van der Waals surface area contributed by atoms with Gasteiger partial charge in [-0.3, -0.25) is 4.79 Å². The van der Waals surface area contributed by atoms with E-state index in [0.29, 0.717) is 31.1 Å². The second kappa shape index (κ2) is 6.86. The average Bonchev–Trinajstić information content (AvgIpc) is 2.71. The molecule has 1 amide bonds. The van der Waals surface area contributed by atoms with Gasteiger partial charge in [0.2, 0.25) is 15.9 Å². The maximum Gasteiger partial charge on any atom is 0.244 e. The third kappa shape index (κ3) is 3.15.